The summed E-state index contributed by atoms with van der Waals surface area (Å²) in [4.78, 5) is 19.5. The minimum Gasteiger partial charge on any atom is -0.481 e. The first-order chi connectivity index (χ1) is 10.1. The van der Waals surface area contributed by atoms with Crippen LogP contribution in [0.5, 0.6) is 0 Å². The number of carboxylic acids is 1. The van der Waals surface area contributed by atoms with Crippen molar-refractivity contribution < 1.29 is 14.3 Å². The summed E-state index contributed by atoms with van der Waals surface area (Å²) >= 11 is 7.07. The number of thioether (sulfide) groups is 1. The lowest BCUT2D eigenvalue weighted by molar-refractivity contribution is -0.133. The molecule has 0 unspecified atom stereocenters. The SMILES string of the molecule is O=C(O)CSc1nc2cc(Cl)cnc2n1Cc1ccoc1. The van der Waals surface area contributed by atoms with E-state index in [-0.39, 0.29) is 5.75 Å². The van der Waals surface area contributed by atoms with Crippen LogP contribution < -0.4 is 0 Å². The molecule has 0 spiro atoms. The molecule has 0 aliphatic heterocycles. The van der Waals surface area contributed by atoms with Crippen LogP contribution in [0.25, 0.3) is 11.2 Å². The smallest absolute Gasteiger partial charge is 0.313 e. The van der Waals surface area contributed by atoms with Gasteiger partial charge < -0.3 is 9.52 Å². The lowest BCUT2D eigenvalue weighted by Crippen LogP contribution is -2.04. The van der Waals surface area contributed by atoms with Gasteiger partial charge in [0.1, 0.15) is 5.52 Å². The maximum atomic E-state index is 10.8. The number of pyridine rings is 1. The van der Waals surface area contributed by atoms with E-state index in [9.17, 15) is 4.79 Å². The highest BCUT2D eigenvalue weighted by Crippen LogP contribution is 2.25. The van der Waals surface area contributed by atoms with Gasteiger partial charge in [0.05, 0.1) is 29.8 Å². The fourth-order valence-electron chi connectivity index (χ4n) is 1.91. The molecule has 21 heavy (non-hydrogen) atoms. The second-order valence-electron chi connectivity index (χ2n) is 4.29. The van der Waals surface area contributed by atoms with Crippen LogP contribution in [0.3, 0.4) is 0 Å². The van der Waals surface area contributed by atoms with E-state index in [1.807, 2.05) is 10.6 Å². The van der Waals surface area contributed by atoms with Gasteiger partial charge in [-0.2, -0.15) is 0 Å². The molecule has 1 N–H and O–H groups in total. The van der Waals surface area contributed by atoms with E-state index < -0.39 is 5.97 Å². The normalized spacial score (nSPS) is 11.1. The van der Waals surface area contributed by atoms with Crippen molar-refractivity contribution in [3.05, 3.63) is 41.4 Å². The van der Waals surface area contributed by atoms with Gasteiger partial charge in [0.25, 0.3) is 0 Å². The third-order valence-corrected chi connectivity index (χ3v) is 3.93. The number of aliphatic carboxylic acids is 1. The van der Waals surface area contributed by atoms with Gasteiger partial charge in [-0.1, -0.05) is 23.4 Å². The zero-order valence-electron chi connectivity index (χ0n) is 10.7. The molecule has 3 aromatic heterocycles. The standard InChI is InChI=1S/C13H10ClN3O3S/c14-9-3-10-12(15-4-9)17(5-8-1-2-20-6-8)13(16-10)21-7-11(18)19/h1-4,6H,5,7H2,(H,18,19). The zero-order valence-corrected chi connectivity index (χ0v) is 12.3. The lowest BCUT2D eigenvalue weighted by Gasteiger charge is -2.05. The Balaban J connectivity index is 2.03. The van der Waals surface area contributed by atoms with Crippen molar-refractivity contribution in [1.82, 2.24) is 14.5 Å². The van der Waals surface area contributed by atoms with E-state index in [0.717, 1.165) is 17.3 Å². The summed E-state index contributed by atoms with van der Waals surface area (Å²) in [5.74, 6) is -0.962. The molecule has 0 saturated carbocycles. The highest BCUT2D eigenvalue weighted by molar-refractivity contribution is 7.99. The Morgan fingerprint density at radius 3 is 3.10 bits per heavy atom. The fourth-order valence-corrected chi connectivity index (χ4v) is 2.78. The van der Waals surface area contributed by atoms with Gasteiger partial charge in [0.2, 0.25) is 0 Å². The Morgan fingerprint density at radius 1 is 1.52 bits per heavy atom. The summed E-state index contributed by atoms with van der Waals surface area (Å²) in [6.45, 7) is 0.504. The molecule has 3 aromatic rings. The zero-order chi connectivity index (χ0) is 14.8. The second kappa shape index (κ2) is 5.79. The van der Waals surface area contributed by atoms with E-state index in [4.69, 9.17) is 21.1 Å². The number of hydrogen-bond donors (Lipinski definition) is 1. The number of imidazole rings is 1. The quantitative estimate of drug-likeness (QED) is 0.727. The molecule has 3 rings (SSSR count). The molecule has 0 amide bonds. The molecule has 0 bridgehead atoms. The minimum absolute atomic E-state index is 0.0670. The van der Waals surface area contributed by atoms with Gasteiger partial charge in [-0.15, -0.1) is 0 Å². The van der Waals surface area contributed by atoms with E-state index in [2.05, 4.69) is 9.97 Å². The number of nitrogens with zero attached hydrogens (tertiary/aromatic N) is 3. The predicted octanol–water partition coefficient (Wildman–Crippen LogP) is 2.90. The van der Waals surface area contributed by atoms with Crippen molar-refractivity contribution in [2.75, 3.05) is 5.75 Å². The highest BCUT2D eigenvalue weighted by atomic mass is 35.5. The summed E-state index contributed by atoms with van der Waals surface area (Å²) < 4.78 is 6.91. The van der Waals surface area contributed by atoms with Crippen molar-refractivity contribution in [2.24, 2.45) is 0 Å². The first-order valence-corrected chi connectivity index (χ1v) is 7.37. The second-order valence-corrected chi connectivity index (χ2v) is 5.67. The molecule has 0 atom stereocenters. The number of hydrogen-bond acceptors (Lipinski definition) is 5. The van der Waals surface area contributed by atoms with Crippen LogP contribution >= 0.6 is 23.4 Å². The summed E-state index contributed by atoms with van der Waals surface area (Å²) in [5.41, 5.74) is 2.25. The van der Waals surface area contributed by atoms with Crippen molar-refractivity contribution in [1.29, 1.82) is 0 Å². The van der Waals surface area contributed by atoms with Gasteiger partial charge in [-0.3, -0.25) is 9.36 Å². The van der Waals surface area contributed by atoms with Gasteiger partial charge in [-0.25, -0.2) is 9.97 Å². The summed E-state index contributed by atoms with van der Waals surface area (Å²) in [6, 6.07) is 3.55. The molecule has 6 nitrogen and oxygen atoms in total. The van der Waals surface area contributed by atoms with Gasteiger partial charge in [-0.05, 0) is 12.1 Å². The average Bonchev–Trinajstić information content (AvgIpc) is 3.05. The molecule has 0 radical (unpaired) electrons. The third-order valence-electron chi connectivity index (χ3n) is 2.76. The Hall–Kier alpha value is -1.99. The number of fused-ring (bicyclic) bond motifs is 1. The van der Waals surface area contributed by atoms with Crippen molar-refractivity contribution >= 4 is 40.5 Å². The maximum absolute atomic E-state index is 10.8. The largest absolute Gasteiger partial charge is 0.481 e. The third kappa shape index (κ3) is 3.03. The number of rotatable bonds is 5. The Labute approximate surface area is 128 Å². The molecular weight excluding hydrogens is 314 g/mol. The van der Waals surface area contributed by atoms with Gasteiger partial charge in [0.15, 0.2) is 10.8 Å². The van der Waals surface area contributed by atoms with Crippen molar-refractivity contribution in [3.63, 3.8) is 0 Å². The van der Waals surface area contributed by atoms with Crippen LogP contribution in [0.15, 0.2) is 40.4 Å². The van der Waals surface area contributed by atoms with Gasteiger partial charge in [0, 0.05) is 11.8 Å². The van der Waals surface area contributed by atoms with Crippen LogP contribution in [0.4, 0.5) is 0 Å². The number of aromatic nitrogens is 3. The van der Waals surface area contributed by atoms with Crippen LogP contribution in [0.1, 0.15) is 5.56 Å². The molecule has 0 aliphatic rings. The molecule has 0 fully saturated rings. The fraction of sp³-hybridized carbons (Fsp3) is 0.154. The monoisotopic (exact) mass is 323 g/mol. The first-order valence-electron chi connectivity index (χ1n) is 6.01. The Bertz CT molecular complexity index is 785. The molecular formula is C13H10ClN3O3S. The van der Waals surface area contributed by atoms with Crippen LogP contribution in [0.2, 0.25) is 5.02 Å². The van der Waals surface area contributed by atoms with Crippen LogP contribution in [0, 0.1) is 0 Å². The molecule has 108 valence electrons. The van der Waals surface area contributed by atoms with Gasteiger partial charge >= 0.3 is 5.97 Å². The van der Waals surface area contributed by atoms with Crippen LogP contribution in [-0.4, -0.2) is 31.4 Å². The summed E-state index contributed by atoms with van der Waals surface area (Å²) in [7, 11) is 0. The Kier molecular flexibility index (Phi) is 3.85. The minimum atomic E-state index is -0.895. The molecule has 8 heteroatoms. The number of carboxylic acid groups (broad SMARTS) is 1. The maximum Gasteiger partial charge on any atom is 0.313 e. The molecule has 0 saturated heterocycles. The first kappa shape index (κ1) is 14.0. The number of halogens is 1. The number of furan rings is 1. The Morgan fingerprint density at radius 2 is 2.38 bits per heavy atom. The summed E-state index contributed by atoms with van der Waals surface area (Å²) in [6.07, 6.45) is 4.76. The molecule has 3 heterocycles. The molecule has 0 aromatic carbocycles. The van der Waals surface area contributed by atoms with Crippen LogP contribution in [-0.2, 0) is 11.3 Å². The summed E-state index contributed by atoms with van der Waals surface area (Å²) in [5, 5.41) is 9.91. The molecule has 0 aliphatic carbocycles. The average molecular weight is 324 g/mol. The van der Waals surface area contributed by atoms with E-state index in [0.29, 0.717) is 27.9 Å². The van der Waals surface area contributed by atoms with Crippen molar-refractivity contribution in [3.8, 4) is 0 Å². The van der Waals surface area contributed by atoms with E-state index >= 15 is 0 Å². The number of carbonyl (C=O) groups is 1. The van der Waals surface area contributed by atoms with E-state index in [1.165, 1.54) is 0 Å². The topological polar surface area (TPSA) is 81.1 Å². The van der Waals surface area contributed by atoms with Crippen molar-refractivity contribution in [2.45, 2.75) is 11.7 Å². The highest BCUT2D eigenvalue weighted by Gasteiger charge is 2.15. The lowest BCUT2D eigenvalue weighted by atomic mass is 10.3. The predicted molar refractivity (Wildman–Crippen MR) is 78.7 cm³/mol. The van der Waals surface area contributed by atoms with E-state index in [1.54, 1.807) is 24.8 Å².